The van der Waals surface area contributed by atoms with E-state index in [-0.39, 0.29) is 16.2 Å². The van der Waals surface area contributed by atoms with Crippen LogP contribution in [0.15, 0.2) is 23.1 Å². The van der Waals surface area contributed by atoms with Crippen LogP contribution in [0.3, 0.4) is 0 Å². The van der Waals surface area contributed by atoms with Crippen LogP contribution in [-0.4, -0.2) is 26.1 Å². The van der Waals surface area contributed by atoms with Crippen molar-refractivity contribution in [2.75, 3.05) is 6.61 Å². The second-order valence-corrected chi connectivity index (χ2v) is 6.69. The number of carboxylic acid groups (broad SMARTS) is 1. The normalized spacial score (nSPS) is 15.4. The Balaban J connectivity index is 2.34. The maximum Gasteiger partial charge on any atom is 0.335 e. The molecule has 0 heterocycles. The van der Waals surface area contributed by atoms with E-state index in [0.717, 1.165) is 18.9 Å². The van der Waals surface area contributed by atoms with Gasteiger partial charge in [0.05, 0.1) is 12.2 Å². The summed E-state index contributed by atoms with van der Waals surface area (Å²) < 4.78 is 28.1. The molecule has 0 aromatic heterocycles. The second kappa shape index (κ2) is 4.78. The molecule has 1 N–H and O–H groups in total. The summed E-state index contributed by atoms with van der Waals surface area (Å²) >= 11 is 0. The van der Waals surface area contributed by atoms with E-state index in [0.29, 0.717) is 12.5 Å². The summed E-state index contributed by atoms with van der Waals surface area (Å²) in [6, 6.07) is 3.62. The lowest BCUT2D eigenvalue weighted by Gasteiger charge is -2.09. The summed E-state index contributed by atoms with van der Waals surface area (Å²) in [6.45, 7) is 0.422. The Bertz CT molecular complexity index is 577. The molecule has 0 aliphatic heterocycles. The van der Waals surface area contributed by atoms with E-state index >= 15 is 0 Å². The Kier molecular flexibility index (Phi) is 3.49. The Labute approximate surface area is 109 Å². The maximum atomic E-state index is 11.4. The predicted octanol–water partition coefficient (Wildman–Crippen LogP) is 2.10. The molecule has 18 heavy (non-hydrogen) atoms. The van der Waals surface area contributed by atoms with Crippen molar-refractivity contribution in [3.8, 4) is 5.75 Å². The summed E-state index contributed by atoms with van der Waals surface area (Å²) in [5.74, 6) is -0.665. The van der Waals surface area contributed by atoms with E-state index in [2.05, 4.69) is 0 Å². The third-order valence-corrected chi connectivity index (χ3v) is 3.97. The monoisotopic (exact) mass is 290 g/mol. The molecule has 1 saturated carbocycles. The maximum absolute atomic E-state index is 11.4. The van der Waals surface area contributed by atoms with Gasteiger partial charge in [-0.2, -0.15) is 0 Å². The van der Waals surface area contributed by atoms with Crippen molar-refractivity contribution in [3.63, 3.8) is 0 Å². The highest BCUT2D eigenvalue weighted by Gasteiger charge is 2.24. The van der Waals surface area contributed by atoms with Crippen LogP contribution in [-0.2, 0) is 9.05 Å². The molecule has 0 unspecified atom stereocenters. The summed E-state index contributed by atoms with van der Waals surface area (Å²) in [4.78, 5) is 10.5. The van der Waals surface area contributed by atoms with Crippen LogP contribution in [0.5, 0.6) is 5.75 Å². The van der Waals surface area contributed by atoms with Crippen LogP contribution in [0, 0.1) is 5.92 Å². The molecule has 1 aliphatic carbocycles. The van der Waals surface area contributed by atoms with Crippen LogP contribution in [0.2, 0.25) is 0 Å². The second-order valence-electron chi connectivity index (χ2n) is 4.16. The van der Waals surface area contributed by atoms with Gasteiger partial charge in [-0.15, -0.1) is 0 Å². The summed E-state index contributed by atoms with van der Waals surface area (Å²) in [7, 11) is 1.24. The molecule has 1 aliphatic rings. The number of ether oxygens (including phenoxy) is 1. The van der Waals surface area contributed by atoms with Crippen molar-refractivity contribution in [3.05, 3.63) is 23.8 Å². The van der Waals surface area contributed by atoms with E-state index < -0.39 is 15.0 Å². The number of aromatic carboxylic acids is 1. The third-order valence-electron chi connectivity index (χ3n) is 2.62. The van der Waals surface area contributed by atoms with Crippen LogP contribution >= 0.6 is 10.7 Å². The van der Waals surface area contributed by atoms with Crippen LogP contribution in [0.4, 0.5) is 0 Å². The number of hydrogen-bond acceptors (Lipinski definition) is 4. The quantitative estimate of drug-likeness (QED) is 0.840. The molecule has 0 amide bonds. The van der Waals surface area contributed by atoms with Crippen molar-refractivity contribution < 1.29 is 23.1 Å². The lowest BCUT2D eigenvalue weighted by Crippen LogP contribution is -2.05. The molecule has 1 aromatic rings. The molecule has 1 fully saturated rings. The number of rotatable bonds is 5. The number of carboxylic acids is 1. The Hall–Kier alpha value is -1.27. The van der Waals surface area contributed by atoms with Gasteiger partial charge in [-0.05, 0) is 37.0 Å². The van der Waals surface area contributed by atoms with Gasteiger partial charge in [0.1, 0.15) is 10.6 Å². The number of hydrogen-bond donors (Lipinski definition) is 1. The Morgan fingerprint density at radius 3 is 2.61 bits per heavy atom. The first kappa shape index (κ1) is 13.2. The van der Waals surface area contributed by atoms with Crippen LogP contribution in [0.1, 0.15) is 23.2 Å². The Morgan fingerprint density at radius 2 is 2.11 bits per heavy atom. The molecule has 7 heteroatoms. The average Bonchev–Trinajstić information content (AvgIpc) is 3.08. The van der Waals surface area contributed by atoms with E-state index in [4.69, 9.17) is 20.5 Å². The molecule has 1 aromatic carbocycles. The molecule has 0 spiro atoms. The van der Waals surface area contributed by atoms with Gasteiger partial charge in [0, 0.05) is 10.7 Å². The number of carbonyl (C=O) groups is 1. The molecular formula is C11H11ClO5S. The van der Waals surface area contributed by atoms with Gasteiger partial charge >= 0.3 is 5.97 Å². The molecule has 98 valence electrons. The zero-order valence-corrected chi connectivity index (χ0v) is 10.9. The summed E-state index contributed by atoms with van der Waals surface area (Å²) in [6.07, 6.45) is 2.13. The fraction of sp³-hybridized carbons (Fsp3) is 0.364. The molecule has 0 saturated heterocycles. The van der Waals surface area contributed by atoms with Crippen molar-refractivity contribution >= 4 is 25.7 Å². The first-order valence-electron chi connectivity index (χ1n) is 5.33. The standard InChI is InChI=1S/C11H11ClO5S/c12-18(15,16)10-5-8(11(13)14)3-4-9(10)17-6-7-1-2-7/h3-5,7H,1-2,6H2,(H,13,14). The largest absolute Gasteiger partial charge is 0.492 e. The summed E-state index contributed by atoms with van der Waals surface area (Å²) in [5, 5.41) is 8.82. The van der Waals surface area contributed by atoms with Crippen molar-refractivity contribution in [2.24, 2.45) is 5.92 Å². The number of benzene rings is 1. The first-order valence-corrected chi connectivity index (χ1v) is 7.63. The van der Waals surface area contributed by atoms with E-state index in [1.807, 2.05) is 0 Å². The average molecular weight is 291 g/mol. The summed E-state index contributed by atoms with van der Waals surface area (Å²) in [5.41, 5.74) is -0.145. The lowest BCUT2D eigenvalue weighted by atomic mass is 10.2. The molecular weight excluding hydrogens is 280 g/mol. The minimum atomic E-state index is -4.03. The minimum absolute atomic E-state index is 0.0990. The zero-order valence-electron chi connectivity index (χ0n) is 9.30. The number of halogens is 1. The lowest BCUT2D eigenvalue weighted by molar-refractivity contribution is 0.0696. The smallest absolute Gasteiger partial charge is 0.335 e. The molecule has 2 rings (SSSR count). The van der Waals surface area contributed by atoms with Gasteiger partial charge in [-0.3, -0.25) is 0 Å². The zero-order chi connectivity index (χ0) is 13.3. The topological polar surface area (TPSA) is 80.7 Å². The van der Waals surface area contributed by atoms with E-state index in [1.165, 1.54) is 12.1 Å². The molecule has 0 bridgehead atoms. The predicted molar refractivity (Wildman–Crippen MR) is 64.7 cm³/mol. The minimum Gasteiger partial charge on any atom is -0.492 e. The van der Waals surface area contributed by atoms with Crippen molar-refractivity contribution in [1.82, 2.24) is 0 Å². The van der Waals surface area contributed by atoms with E-state index in [1.54, 1.807) is 0 Å². The third kappa shape index (κ3) is 3.14. The fourth-order valence-electron chi connectivity index (χ4n) is 1.44. The van der Waals surface area contributed by atoms with Gasteiger partial charge in [-0.25, -0.2) is 13.2 Å². The van der Waals surface area contributed by atoms with Crippen molar-refractivity contribution in [1.29, 1.82) is 0 Å². The van der Waals surface area contributed by atoms with E-state index in [9.17, 15) is 13.2 Å². The highest BCUT2D eigenvalue weighted by molar-refractivity contribution is 8.13. The van der Waals surface area contributed by atoms with Gasteiger partial charge in [0.15, 0.2) is 0 Å². The molecule has 0 radical (unpaired) electrons. The highest BCUT2D eigenvalue weighted by atomic mass is 35.7. The highest BCUT2D eigenvalue weighted by Crippen LogP contribution is 2.32. The van der Waals surface area contributed by atoms with Gasteiger partial charge in [-0.1, -0.05) is 0 Å². The Morgan fingerprint density at radius 1 is 1.44 bits per heavy atom. The first-order chi connectivity index (χ1) is 8.38. The van der Waals surface area contributed by atoms with Gasteiger partial charge < -0.3 is 9.84 Å². The fourth-order valence-corrected chi connectivity index (χ4v) is 2.44. The van der Waals surface area contributed by atoms with Gasteiger partial charge in [0.2, 0.25) is 0 Å². The molecule has 5 nitrogen and oxygen atoms in total. The van der Waals surface area contributed by atoms with Crippen LogP contribution in [0.25, 0.3) is 0 Å². The molecule has 0 atom stereocenters. The van der Waals surface area contributed by atoms with Crippen LogP contribution < -0.4 is 4.74 Å². The van der Waals surface area contributed by atoms with Crippen molar-refractivity contribution in [2.45, 2.75) is 17.7 Å². The SMILES string of the molecule is O=C(O)c1ccc(OCC2CC2)c(S(=O)(=O)Cl)c1. The van der Waals surface area contributed by atoms with Gasteiger partial charge in [0.25, 0.3) is 9.05 Å².